The van der Waals surface area contributed by atoms with E-state index >= 15 is 0 Å². The molecule has 0 aliphatic rings. The van der Waals surface area contributed by atoms with Gasteiger partial charge in [0.1, 0.15) is 0 Å². The van der Waals surface area contributed by atoms with Crippen LogP contribution in [0.15, 0.2) is 12.7 Å². The van der Waals surface area contributed by atoms with Gasteiger partial charge in [-0.25, -0.2) is 0 Å². The summed E-state index contributed by atoms with van der Waals surface area (Å²) in [4.78, 5) is -2.02. The van der Waals surface area contributed by atoms with E-state index in [0.29, 0.717) is 0 Å². The molecule has 0 amide bonds. The Balaban J connectivity index is 0. The molecule has 8 heavy (non-hydrogen) atoms. The summed E-state index contributed by atoms with van der Waals surface area (Å²) in [5.74, 6) is 0. The molecule has 0 bridgehead atoms. The highest BCUT2D eigenvalue weighted by molar-refractivity contribution is 4.61. The Morgan fingerprint density at radius 2 is 1.75 bits per heavy atom. The zero-order valence-corrected chi connectivity index (χ0v) is 4.91. The molecule has 0 aliphatic carbocycles. The molecule has 0 spiro atoms. The average molecular weight is 142 g/mol. The van der Waals surface area contributed by atoms with Crippen molar-refractivity contribution in [2.24, 2.45) is 0 Å². The molecule has 0 radical (unpaired) electrons. The van der Waals surface area contributed by atoms with Crippen LogP contribution in [0.5, 0.6) is 0 Å². The summed E-state index contributed by atoms with van der Waals surface area (Å²) in [5.41, 5.74) is 0. The minimum atomic E-state index is -2.02. The van der Waals surface area contributed by atoms with Crippen molar-refractivity contribution in [3.8, 4) is 0 Å². The molecule has 0 atom stereocenters. The fourth-order valence-electron chi connectivity index (χ4n) is 0.173. The van der Waals surface area contributed by atoms with Crippen LogP contribution >= 0.6 is 0 Å². The molecule has 0 saturated carbocycles. The molecule has 0 unspecified atom stereocenters. The Hall–Kier alpha value is -0.130. The van der Waals surface area contributed by atoms with Gasteiger partial charge in [-0.2, -0.15) is 0 Å². The molecule has 50 valence electrons. The Morgan fingerprint density at radius 3 is 1.75 bits per heavy atom. The van der Waals surface area contributed by atoms with E-state index in [1.165, 1.54) is 6.08 Å². The summed E-state index contributed by atoms with van der Waals surface area (Å²) in [7, 11) is 0. The first-order chi connectivity index (χ1) is 3.06. The summed E-state index contributed by atoms with van der Waals surface area (Å²) in [6.45, 7) is 2.86. The first kappa shape index (κ1) is 10.8. The van der Waals surface area contributed by atoms with Gasteiger partial charge in [-0.3, -0.25) is 0 Å². The molecule has 0 rings (SSSR count). The van der Waals surface area contributed by atoms with Crippen LogP contribution in [0.25, 0.3) is 0 Å². The molecule has 0 aromatic carbocycles. The summed E-state index contributed by atoms with van der Waals surface area (Å²) < 4.78 is 0. The highest BCUT2D eigenvalue weighted by atomic mass is 35.5. The van der Waals surface area contributed by atoms with Gasteiger partial charge in [0.2, 0.25) is 0 Å². The van der Waals surface area contributed by atoms with Crippen LogP contribution in [0.4, 0.5) is 0 Å². The van der Waals surface area contributed by atoms with Gasteiger partial charge in [0.05, 0.1) is 4.97 Å². The number of nitrogens with zero attached hydrogens (tertiary/aromatic N) is 1. The van der Waals surface area contributed by atoms with Gasteiger partial charge in [0.25, 0.3) is 0 Å². The quantitative estimate of drug-likeness (QED) is 0.221. The molecule has 0 fully saturated rings. The van der Waals surface area contributed by atoms with Gasteiger partial charge in [0.15, 0.2) is 6.54 Å². The lowest BCUT2D eigenvalue weighted by Crippen LogP contribution is -3.00. The average Bonchev–Trinajstić information content (AvgIpc) is 1.30. The monoisotopic (exact) mass is 141 g/mol. The fourth-order valence-corrected chi connectivity index (χ4v) is 0.173. The predicted molar refractivity (Wildman–Crippen MR) is 20.7 cm³/mol. The van der Waals surface area contributed by atoms with E-state index in [1.807, 2.05) is 0 Å². The van der Waals surface area contributed by atoms with E-state index in [4.69, 9.17) is 15.6 Å². The topological polar surface area (TPSA) is 60.7 Å². The lowest BCUT2D eigenvalue weighted by molar-refractivity contribution is -1.36. The molecule has 0 heterocycles. The Labute approximate surface area is 53.1 Å². The minimum absolute atomic E-state index is 0. The molecule has 4 nitrogen and oxygen atoms in total. The van der Waals surface area contributed by atoms with Crippen molar-refractivity contribution in [3.63, 3.8) is 0 Å². The van der Waals surface area contributed by atoms with Crippen molar-refractivity contribution in [1.29, 1.82) is 0 Å². The number of quaternary nitrogens is 1. The smallest absolute Gasteiger partial charge is 0.195 e. The number of hydrogen-bond acceptors (Lipinski definition) is 3. The van der Waals surface area contributed by atoms with Gasteiger partial charge in [0, 0.05) is 0 Å². The second kappa shape index (κ2) is 3.82. The number of halogens is 1. The third kappa shape index (κ3) is 9.30. The maximum Gasteiger partial charge on any atom is 0.195 e. The zero-order valence-electron chi connectivity index (χ0n) is 4.16. The van der Waals surface area contributed by atoms with Gasteiger partial charge in [-0.1, -0.05) is 6.58 Å². The van der Waals surface area contributed by atoms with Crippen LogP contribution in [0.1, 0.15) is 0 Å². The van der Waals surface area contributed by atoms with Crippen LogP contribution in [0.3, 0.4) is 0 Å². The Morgan fingerprint density at radius 1 is 1.38 bits per heavy atom. The summed E-state index contributed by atoms with van der Waals surface area (Å²) in [5, 5.41) is 24.0. The molecule has 5 heteroatoms. The third-order valence-electron chi connectivity index (χ3n) is 0.374. The van der Waals surface area contributed by atoms with Gasteiger partial charge >= 0.3 is 0 Å². The summed E-state index contributed by atoms with van der Waals surface area (Å²) >= 11 is 0. The Bertz CT molecular complexity index is 69.4. The van der Waals surface area contributed by atoms with Crippen LogP contribution in [0.2, 0.25) is 0 Å². The maximum absolute atomic E-state index is 8.00. The van der Waals surface area contributed by atoms with Crippen LogP contribution in [0, 0.1) is 0 Å². The van der Waals surface area contributed by atoms with Crippen molar-refractivity contribution in [1.82, 2.24) is 0 Å². The molecular formula is C3H8ClNO3. The fraction of sp³-hybridized carbons (Fsp3) is 0.333. The number of rotatable bonds is 2. The van der Waals surface area contributed by atoms with Crippen molar-refractivity contribution in [2.75, 3.05) is 6.54 Å². The molecule has 0 saturated heterocycles. The normalized spacial score (nSPS) is 9.88. The lowest BCUT2D eigenvalue weighted by Gasteiger charge is -2.06. The minimum Gasteiger partial charge on any atom is -1.00 e. The third-order valence-corrected chi connectivity index (χ3v) is 0.374. The number of hydroxylamine groups is 3. The Kier molecular flexibility index (Phi) is 5.15. The molecular weight excluding hydrogens is 133 g/mol. The van der Waals surface area contributed by atoms with Crippen LogP contribution in [-0.2, 0) is 0 Å². The number of hydrogen-bond donors (Lipinski definition) is 3. The van der Waals surface area contributed by atoms with Gasteiger partial charge < -0.3 is 12.4 Å². The molecule has 0 aromatic heterocycles. The van der Waals surface area contributed by atoms with Crippen molar-refractivity contribution in [2.45, 2.75) is 0 Å². The van der Waals surface area contributed by atoms with E-state index in [2.05, 4.69) is 6.58 Å². The van der Waals surface area contributed by atoms with E-state index < -0.39 is 4.97 Å². The summed E-state index contributed by atoms with van der Waals surface area (Å²) in [6.07, 6.45) is 1.18. The molecule has 3 N–H and O–H groups in total. The standard InChI is InChI=1S/C3H8NO3.ClH/c1-2-3-4(5,6)7;/h2,5-7H,1,3H2;1H/q+1;/p-1. The zero-order chi connectivity index (χ0) is 5.91. The SMILES string of the molecule is C=CC[N+](O)(O)O.[Cl-]. The van der Waals surface area contributed by atoms with Crippen LogP contribution in [-0.4, -0.2) is 27.1 Å². The highest BCUT2D eigenvalue weighted by Crippen LogP contribution is 1.84. The lowest BCUT2D eigenvalue weighted by atomic mass is 10.6. The maximum atomic E-state index is 8.00. The second-order valence-corrected chi connectivity index (χ2v) is 1.16. The van der Waals surface area contributed by atoms with Crippen molar-refractivity contribution >= 4 is 0 Å². The van der Waals surface area contributed by atoms with E-state index in [0.717, 1.165) is 0 Å². The molecule has 0 aliphatic heterocycles. The second-order valence-electron chi connectivity index (χ2n) is 1.16. The van der Waals surface area contributed by atoms with Crippen molar-refractivity contribution in [3.05, 3.63) is 12.7 Å². The predicted octanol–water partition coefficient (Wildman–Crippen LogP) is -2.84. The van der Waals surface area contributed by atoms with Gasteiger partial charge in [-0.15, -0.1) is 15.6 Å². The first-order valence-electron chi connectivity index (χ1n) is 1.73. The molecule has 0 aromatic rings. The van der Waals surface area contributed by atoms with E-state index in [-0.39, 0.29) is 19.0 Å². The van der Waals surface area contributed by atoms with Crippen LogP contribution < -0.4 is 12.4 Å². The summed E-state index contributed by atoms with van der Waals surface area (Å²) in [6, 6.07) is 0. The van der Waals surface area contributed by atoms with Crippen molar-refractivity contribution < 1.29 is 33.0 Å². The highest BCUT2D eigenvalue weighted by Gasteiger charge is 2.13. The first-order valence-corrected chi connectivity index (χ1v) is 1.73. The van der Waals surface area contributed by atoms with E-state index in [9.17, 15) is 0 Å². The van der Waals surface area contributed by atoms with E-state index in [1.54, 1.807) is 0 Å². The van der Waals surface area contributed by atoms with Gasteiger partial charge in [-0.05, 0) is 6.08 Å². The largest absolute Gasteiger partial charge is 1.00 e.